The molecule has 0 saturated heterocycles. The molecule has 2 aliphatic heterocycles. The molecule has 2 aromatic carbocycles. The summed E-state index contributed by atoms with van der Waals surface area (Å²) in [6, 6.07) is 9.87. The Labute approximate surface area is 183 Å². The molecule has 0 unspecified atom stereocenters. The van der Waals surface area contributed by atoms with Gasteiger partial charge in [0.15, 0.2) is 0 Å². The molecule has 1 N–H and O–H groups in total. The molecular weight excluding hydrogens is 533 g/mol. The van der Waals surface area contributed by atoms with Gasteiger partial charge in [-0.2, -0.15) is 0 Å². The molecular formula is C19H10Br2FNO3S2. The van der Waals surface area contributed by atoms with Gasteiger partial charge in [0.1, 0.15) is 11.6 Å². The van der Waals surface area contributed by atoms with Crippen LogP contribution in [0.15, 0.2) is 55.2 Å². The first-order valence-corrected chi connectivity index (χ1v) is 11.6. The number of nitrogens with one attached hydrogen (secondary N) is 1. The molecule has 1 aromatic heterocycles. The number of esters is 1. The Kier molecular flexibility index (Phi) is 4.53. The average Bonchev–Trinajstić information content (AvgIpc) is 3.02. The molecule has 0 aliphatic carbocycles. The Morgan fingerprint density at radius 1 is 1.11 bits per heavy atom. The molecule has 0 spiro atoms. The molecule has 2 aliphatic rings. The number of carbonyl (C=O) groups excluding carboxylic acids is 1. The summed E-state index contributed by atoms with van der Waals surface area (Å²) in [7, 11) is 0. The van der Waals surface area contributed by atoms with Crippen molar-refractivity contribution >= 4 is 60.9 Å². The van der Waals surface area contributed by atoms with Gasteiger partial charge in [-0.25, -0.2) is 4.39 Å². The van der Waals surface area contributed by atoms with Crippen molar-refractivity contribution in [2.75, 3.05) is 0 Å². The third-order valence-electron chi connectivity index (χ3n) is 4.90. The van der Waals surface area contributed by atoms with Crippen LogP contribution >= 0.6 is 55.0 Å². The van der Waals surface area contributed by atoms with Crippen LogP contribution in [0.2, 0.25) is 0 Å². The molecule has 4 nitrogen and oxygen atoms in total. The van der Waals surface area contributed by atoms with Gasteiger partial charge in [-0.15, -0.1) is 0 Å². The van der Waals surface area contributed by atoms with Gasteiger partial charge >= 0.3 is 10.8 Å². The Morgan fingerprint density at radius 3 is 2.61 bits per heavy atom. The van der Waals surface area contributed by atoms with Crippen LogP contribution in [0.5, 0.6) is 5.75 Å². The molecule has 0 bridgehead atoms. The van der Waals surface area contributed by atoms with Crippen LogP contribution in [0.4, 0.5) is 4.39 Å². The van der Waals surface area contributed by atoms with E-state index >= 15 is 0 Å². The lowest BCUT2D eigenvalue weighted by molar-refractivity contribution is -0.141. The average molecular weight is 543 g/mol. The van der Waals surface area contributed by atoms with Crippen molar-refractivity contribution < 1.29 is 13.9 Å². The second-order valence-electron chi connectivity index (χ2n) is 6.53. The van der Waals surface area contributed by atoms with E-state index in [0.717, 1.165) is 36.8 Å². The van der Waals surface area contributed by atoms with Crippen LogP contribution in [-0.2, 0) is 4.79 Å². The summed E-state index contributed by atoms with van der Waals surface area (Å²) >= 11 is 9.51. The standard InChI is InChI=1S/C19H10Br2FNO3S2/c20-8-5-10-12-13(18(24)26-14(10)11(21)6-8)15(7-1-3-9(22)4-2-7)27-17-16(12)28-19(25)23-17/h1-6,12-13,15H,(H,23,25)/t12-,13-,15-/m1/s1. The summed E-state index contributed by atoms with van der Waals surface area (Å²) in [6.07, 6.45) is 0. The maximum atomic E-state index is 13.4. The number of benzene rings is 2. The van der Waals surface area contributed by atoms with Crippen LogP contribution in [-0.4, -0.2) is 11.0 Å². The van der Waals surface area contributed by atoms with E-state index < -0.39 is 5.92 Å². The zero-order valence-corrected chi connectivity index (χ0v) is 18.7. The largest absolute Gasteiger partial charge is 0.425 e. The summed E-state index contributed by atoms with van der Waals surface area (Å²) in [5.41, 5.74) is 1.66. The van der Waals surface area contributed by atoms with Crippen molar-refractivity contribution in [3.05, 3.63) is 76.8 Å². The molecule has 28 heavy (non-hydrogen) atoms. The topological polar surface area (TPSA) is 59.2 Å². The van der Waals surface area contributed by atoms with E-state index in [1.165, 1.54) is 23.9 Å². The zero-order chi connectivity index (χ0) is 19.6. The number of fused-ring (bicyclic) bond motifs is 5. The van der Waals surface area contributed by atoms with Crippen LogP contribution in [0.1, 0.15) is 27.2 Å². The molecule has 142 valence electrons. The Hall–Kier alpha value is -1.42. The zero-order valence-electron chi connectivity index (χ0n) is 13.9. The highest BCUT2D eigenvalue weighted by Gasteiger charge is 2.50. The van der Waals surface area contributed by atoms with Crippen molar-refractivity contribution in [3.8, 4) is 5.75 Å². The van der Waals surface area contributed by atoms with Crippen molar-refractivity contribution in [2.24, 2.45) is 5.92 Å². The number of hydrogen-bond acceptors (Lipinski definition) is 5. The fourth-order valence-electron chi connectivity index (χ4n) is 3.77. The molecule has 0 radical (unpaired) electrons. The highest BCUT2D eigenvalue weighted by atomic mass is 79.9. The maximum absolute atomic E-state index is 13.4. The monoisotopic (exact) mass is 541 g/mol. The minimum absolute atomic E-state index is 0.162. The Bertz CT molecular complexity index is 1170. The number of aromatic amines is 1. The van der Waals surface area contributed by atoms with Crippen molar-refractivity contribution in [1.29, 1.82) is 0 Å². The quantitative estimate of drug-likeness (QED) is 0.320. The fraction of sp³-hybridized carbons (Fsp3) is 0.158. The fourth-order valence-corrected chi connectivity index (χ4v) is 7.69. The van der Waals surface area contributed by atoms with E-state index in [4.69, 9.17) is 4.74 Å². The van der Waals surface area contributed by atoms with Gasteiger partial charge < -0.3 is 9.72 Å². The first-order chi connectivity index (χ1) is 13.4. The normalized spacial score (nSPS) is 22.8. The van der Waals surface area contributed by atoms with Gasteiger partial charge in [0, 0.05) is 20.8 Å². The van der Waals surface area contributed by atoms with Crippen LogP contribution in [0.3, 0.4) is 0 Å². The minimum atomic E-state index is -0.525. The lowest BCUT2D eigenvalue weighted by atomic mass is 9.78. The number of hydrogen-bond donors (Lipinski definition) is 1. The molecule has 3 atom stereocenters. The lowest BCUT2D eigenvalue weighted by Gasteiger charge is -2.39. The van der Waals surface area contributed by atoms with Gasteiger partial charge in [-0.1, -0.05) is 51.2 Å². The molecule has 0 fully saturated rings. The third kappa shape index (κ3) is 2.91. The second-order valence-corrected chi connectivity index (χ2v) is 10.5. The predicted molar refractivity (Wildman–Crippen MR) is 113 cm³/mol. The SMILES string of the molecule is O=C1Oc2c(Br)cc(Br)cc2[C@H]2c3sc(=O)[nH]c3S[C@H](c3ccc(F)cc3)[C@H]12. The smallest absolute Gasteiger partial charge is 0.316 e. The van der Waals surface area contributed by atoms with E-state index in [2.05, 4.69) is 36.8 Å². The van der Waals surface area contributed by atoms with Crippen molar-refractivity contribution in [1.82, 2.24) is 4.98 Å². The summed E-state index contributed by atoms with van der Waals surface area (Å²) in [4.78, 5) is 28.7. The summed E-state index contributed by atoms with van der Waals surface area (Å²) < 4.78 is 20.7. The van der Waals surface area contributed by atoms with Gasteiger partial charge in [0.25, 0.3) is 0 Å². The molecule has 3 aromatic rings. The number of carbonyl (C=O) groups is 1. The first kappa shape index (κ1) is 18.6. The number of H-pyrrole nitrogens is 1. The van der Waals surface area contributed by atoms with Crippen molar-refractivity contribution in [2.45, 2.75) is 16.2 Å². The van der Waals surface area contributed by atoms with Crippen LogP contribution in [0, 0.1) is 11.7 Å². The predicted octanol–water partition coefficient (Wildman–Crippen LogP) is 5.61. The van der Waals surface area contributed by atoms with Gasteiger partial charge in [-0.3, -0.25) is 9.59 Å². The minimum Gasteiger partial charge on any atom is -0.425 e. The third-order valence-corrected chi connectivity index (χ3v) is 8.42. The lowest BCUT2D eigenvalue weighted by Crippen LogP contribution is -2.37. The number of ether oxygens (including phenoxy) is 1. The van der Waals surface area contributed by atoms with E-state index in [-0.39, 0.29) is 27.8 Å². The highest BCUT2D eigenvalue weighted by Crippen LogP contribution is 2.59. The number of rotatable bonds is 1. The second kappa shape index (κ2) is 6.83. The number of halogens is 3. The van der Waals surface area contributed by atoms with Gasteiger partial charge in [0.05, 0.1) is 20.7 Å². The van der Waals surface area contributed by atoms with Crippen molar-refractivity contribution in [3.63, 3.8) is 0 Å². The molecule has 9 heteroatoms. The summed E-state index contributed by atoms with van der Waals surface area (Å²) in [5, 5.41) is 0.448. The van der Waals surface area contributed by atoms with E-state index in [9.17, 15) is 14.0 Å². The van der Waals surface area contributed by atoms with Gasteiger partial charge in [-0.05, 0) is 45.8 Å². The van der Waals surface area contributed by atoms with Crippen LogP contribution in [0.25, 0.3) is 0 Å². The van der Waals surface area contributed by atoms with E-state index in [1.807, 2.05) is 12.1 Å². The molecule has 0 saturated carbocycles. The molecule has 3 heterocycles. The first-order valence-electron chi connectivity index (χ1n) is 8.28. The number of aromatic nitrogens is 1. The Morgan fingerprint density at radius 2 is 1.86 bits per heavy atom. The number of thiazole rings is 1. The van der Waals surface area contributed by atoms with E-state index in [0.29, 0.717) is 10.2 Å². The van der Waals surface area contributed by atoms with E-state index in [1.54, 1.807) is 12.1 Å². The van der Waals surface area contributed by atoms with Gasteiger partial charge in [0.2, 0.25) is 0 Å². The molecule has 0 amide bonds. The number of thioether (sulfide) groups is 1. The maximum Gasteiger partial charge on any atom is 0.316 e. The summed E-state index contributed by atoms with van der Waals surface area (Å²) in [5.74, 6) is -1.06. The highest BCUT2D eigenvalue weighted by molar-refractivity contribution is 9.11. The molecule has 5 rings (SSSR count). The summed E-state index contributed by atoms with van der Waals surface area (Å²) in [6.45, 7) is 0. The Balaban J connectivity index is 1.75. The van der Waals surface area contributed by atoms with Crippen LogP contribution < -0.4 is 9.61 Å².